The highest BCUT2D eigenvalue weighted by atomic mass is 32.2. The maximum Gasteiger partial charge on any atom is 0.416 e. The van der Waals surface area contributed by atoms with Gasteiger partial charge in [0, 0.05) is 11.6 Å². The predicted molar refractivity (Wildman–Crippen MR) is 156 cm³/mol. The molecule has 0 bridgehead atoms. The first-order valence-corrected chi connectivity index (χ1v) is 15.6. The van der Waals surface area contributed by atoms with E-state index in [4.69, 9.17) is 4.74 Å². The lowest BCUT2D eigenvalue weighted by molar-refractivity contribution is -0.137. The third kappa shape index (κ3) is 6.76. The zero-order valence-corrected chi connectivity index (χ0v) is 24.4. The van der Waals surface area contributed by atoms with Crippen LogP contribution in [0.3, 0.4) is 0 Å². The van der Waals surface area contributed by atoms with E-state index in [1.807, 2.05) is 13.0 Å². The van der Waals surface area contributed by atoms with Crippen LogP contribution in [0.25, 0.3) is 10.4 Å². The number of hydrogen-bond acceptors (Lipinski definition) is 6. The Kier molecular flexibility index (Phi) is 8.29. The maximum atomic E-state index is 13.4. The van der Waals surface area contributed by atoms with E-state index in [2.05, 4.69) is 15.0 Å². The van der Waals surface area contributed by atoms with Crippen molar-refractivity contribution >= 4 is 38.1 Å². The molecule has 1 aliphatic carbocycles. The van der Waals surface area contributed by atoms with Crippen molar-refractivity contribution < 1.29 is 31.1 Å². The Bertz CT molecular complexity index is 1700. The quantitative estimate of drug-likeness (QED) is 0.208. The number of halogens is 3. The van der Waals surface area contributed by atoms with Gasteiger partial charge in [-0.1, -0.05) is 36.3 Å². The average Bonchev–Trinajstić information content (AvgIpc) is 3.60. The van der Waals surface area contributed by atoms with Gasteiger partial charge in [0.2, 0.25) is 5.91 Å². The molecule has 1 heterocycles. The van der Waals surface area contributed by atoms with Crippen molar-refractivity contribution in [2.75, 3.05) is 10.0 Å². The molecule has 0 atom stereocenters. The van der Waals surface area contributed by atoms with Crippen LogP contribution in [0.2, 0.25) is 0 Å². The summed E-state index contributed by atoms with van der Waals surface area (Å²) in [6.45, 7) is 3.52. The van der Waals surface area contributed by atoms with Crippen molar-refractivity contribution in [2.45, 2.75) is 50.6 Å². The van der Waals surface area contributed by atoms with Crippen molar-refractivity contribution in [3.8, 4) is 21.9 Å². The van der Waals surface area contributed by atoms with Gasteiger partial charge in [-0.3, -0.25) is 9.52 Å². The maximum absolute atomic E-state index is 13.4. The summed E-state index contributed by atoms with van der Waals surface area (Å²) >= 11 is 1.31. The Morgan fingerprint density at radius 3 is 2.19 bits per heavy atom. The molecule has 0 aliphatic heterocycles. The van der Waals surface area contributed by atoms with Gasteiger partial charge in [-0.05, 0) is 92.4 Å². The third-order valence-electron chi connectivity index (χ3n) is 7.02. The predicted octanol–water partition coefficient (Wildman–Crippen LogP) is 8.17. The van der Waals surface area contributed by atoms with Gasteiger partial charge in [-0.25, -0.2) is 13.4 Å². The number of nitrogens with one attached hydrogen (secondary N) is 2. The lowest BCUT2D eigenvalue weighted by Crippen LogP contribution is -2.20. The highest BCUT2D eigenvalue weighted by Gasteiger charge is 2.30. The normalized spacial score (nSPS) is 14.1. The zero-order valence-electron chi connectivity index (χ0n) is 22.8. The number of aromatic nitrogens is 1. The molecule has 0 saturated heterocycles. The number of carbonyl (C=O) groups excluding carboxylic acids is 1. The SMILES string of the molecule is Cc1ccc(-c2sc(NC(=O)C3CCCC3)nc2C)cc1S(=O)(=O)Nc1ccc(Oc2ccc(C(F)(F)F)cc2)cc1. The van der Waals surface area contributed by atoms with Crippen molar-refractivity contribution in [2.24, 2.45) is 5.92 Å². The van der Waals surface area contributed by atoms with Gasteiger partial charge < -0.3 is 10.1 Å². The van der Waals surface area contributed by atoms with Crippen molar-refractivity contribution in [3.63, 3.8) is 0 Å². The molecule has 5 rings (SSSR count). The van der Waals surface area contributed by atoms with Crippen LogP contribution in [-0.4, -0.2) is 19.3 Å². The first-order chi connectivity index (χ1) is 19.9. The molecule has 1 amide bonds. The van der Waals surface area contributed by atoms with Crippen LogP contribution in [0.1, 0.15) is 42.5 Å². The lowest BCUT2D eigenvalue weighted by atomic mass is 10.1. The number of nitrogens with zero attached hydrogens (tertiary/aromatic N) is 1. The number of amides is 1. The third-order valence-corrected chi connectivity index (χ3v) is 9.66. The summed E-state index contributed by atoms with van der Waals surface area (Å²) in [6.07, 6.45) is -0.580. The van der Waals surface area contributed by atoms with Crippen LogP contribution >= 0.6 is 11.3 Å². The second kappa shape index (κ2) is 11.8. The van der Waals surface area contributed by atoms with Crippen LogP contribution in [0, 0.1) is 19.8 Å². The monoisotopic (exact) mass is 615 g/mol. The Morgan fingerprint density at radius 2 is 1.57 bits per heavy atom. The molecule has 4 aromatic rings. The van der Waals surface area contributed by atoms with E-state index in [1.165, 1.54) is 47.7 Å². The number of benzene rings is 3. The molecule has 7 nitrogen and oxygen atoms in total. The van der Waals surface area contributed by atoms with Crippen LogP contribution in [0.5, 0.6) is 11.5 Å². The summed E-state index contributed by atoms with van der Waals surface area (Å²) in [6, 6.07) is 15.5. The standard InChI is InChI=1S/C30H28F3N3O4S2/c1-18-7-8-21(27-19(2)34-29(41-27)35-28(37)20-5-3-4-6-20)17-26(18)42(38,39)36-23-11-15-25(16-12-23)40-24-13-9-22(10-14-24)30(31,32)33/h7-17,20,36H,3-6H2,1-2H3,(H,34,35,37). The van der Waals surface area contributed by atoms with Gasteiger partial charge in [0.1, 0.15) is 11.5 Å². The van der Waals surface area contributed by atoms with Crippen molar-refractivity contribution in [3.05, 3.63) is 83.6 Å². The molecule has 220 valence electrons. The number of rotatable bonds is 8. The molecule has 0 spiro atoms. The van der Waals surface area contributed by atoms with E-state index in [1.54, 1.807) is 19.1 Å². The van der Waals surface area contributed by atoms with Gasteiger partial charge in [-0.15, -0.1) is 0 Å². The summed E-state index contributed by atoms with van der Waals surface area (Å²) in [5, 5.41) is 3.40. The number of carbonyl (C=O) groups is 1. The van der Waals surface area contributed by atoms with E-state index in [9.17, 15) is 26.4 Å². The molecule has 0 radical (unpaired) electrons. The number of hydrogen-bond donors (Lipinski definition) is 2. The summed E-state index contributed by atoms with van der Waals surface area (Å²) in [4.78, 5) is 17.9. The minimum absolute atomic E-state index is 0.00490. The zero-order chi connectivity index (χ0) is 30.1. The Hall–Kier alpha value is -3.90. The number of anilines is 2. The molecule has 0 unspecified atom stereocenters. The van der Waals surface area contributed by atoms with E-state index in [0.717, 1.165) is 42.7 Å². The molecular formula is C30H28F3N3O4S2. The molecular weight excluding hydrogens is 587 g/mol. The minimum atomic E-state index is -4.44. The first kappa shape index (κ1) is 29.6. The second-order valence-electron chi connectivity index (χ2n) is 10.1. The minimum Gasteiger partial charge on any atom is -0.457 e. The lowest BCUT2D eigenvalue weighted by Gasteiger charge is -2.13. The van der Waals surface area contributed by atoms with Gasteiger partial charge in [0.25, 0.3) is 10.0 Å². The Morgan fingerprint density at radius 1 is 0.952 bits per heavy atom. The molecule has 1 aromatic heterocycles. The molecule has 42 heavy (non-hydrogen) atoms. The molecule has 1 fully saturated rings. The first-order valence-electron chi connectivity index (χ1n) is 13.3. The molecule has 1 saturated carbocycles. The van der Waals surface area contributed by atoms with Crippen LogP contribution in [-0.2, 0) is 21.0 Å². The van der Waals surface area contributed by atoms with Gasteiger partial charge in [0.15, 0.2) is 5.13 Å². The van der Waals surface area contributed by atoms with Crippen LogP contribution in [0.15, 0.2) is 71.6 Å². The summed E-state index contributed by atoms with van der Waals surface area (Å²) in [5.41, 5.74) is 1.40. The van der Waals surface area contributed by atoms with Gasteiger partial charge >= 0.3 is 6.18 Å². The second-order valence-corrected chi connectivity index (χ2v) is 12.8. The highest BCUT2D eigenvalue weighted by Crippen LogP contribution is 2.36. The smallest absolute Gasteiger partial charge is 0.416 e. The van der Waals surface area contributed by atoms with Gasteiger partial charge in [0.05, 0.1) is 21.0 Å². The number of alkyl halides is 3. The van der Waals surface area contributed by atoms with E-state index in [0.29, 0.717) is 27.7 Å². The summed E-state index contributed by atoms with van der Waals surface area (Å²) in [5.74, 6) is 0.515. The Balaban J connectivity index is 1.29. The van der Waals surface area contributed by atoms with Crippen molar-refractivity contribution in [1.29, 1.82) is 0 Å². The number of aryl methyl sites for hydroxylation is 2. The van der Waals surface area contributed by atoms with E-state index >= 15 is 0 Å². The van der Waals surface area contributed by atoms with Crippen LogP contribution in [0.4, 0.5) is 24.0 Å². The largest absolute Gasteiger partial charge is 0.457 e. The Labute approximate surface area is 245 Å². The topological polar surface area (TPSA) is 97.4 Å². The fourth-order valence-electron chi connectivity index (χ4n) is 4.79. The molecule has 12 heteroatoms. The fraction of sp³-hybridized carbons (Fsp3) is 0.267. The van der Waals surface area contributed by atoms with E-state index in [-0.39, 0.29) is 28.2 Å². The van der Waals surface area contributed by atoms with Crippen LogP contribution < -0.4 is 14.8 Å². The molecule has 2 N–H and O–H groups in total. The molecule has 3 aromatic carbocycles. The number of sulfonamides is 1. The van der Waals surface area contributed by atoms with E-state index < -0.39 is 21.8 Å². The summed E-state index contributed by atoms with van der Waals surface area (Å²) < 4.78 is 73.2. The number of thiazole rings is 1. The average molecular weight is 616 g/mol. The van der Waals surface area contributed by atoms with Gasteiger partial charge in [-0.2, -0.15) is 13.2 Å². The molecule has 1 aliphatic rings. The highest BCUT2D eigenvalue weighted by molar-refractivity contribution is 7.92. The number of ether oxygens (including phenoxy) is 1. The fourth-order valence-corrected chi connectivity index (χ4v) is 7.09. The van der Waals surface area contributed by atoms with Crippen molar-refractivity contribution in [1.82, 2.24) is 4.98 Å². The summed E-state index contributed by atoms with van der Waals surface area (Å²) in [7, 11) is -3.98.